The number of nitrogen functional groups attached to an aromatic ring is 1. The minimum Gasteiger partial charge on any atom is -0.406 e. The van der Waals surface area contributed by atoms with Crippen molar-refractivity contribution < 1.29 is 27.4 Å². The molecule has 0 bridgehead atoms. The van der Waals surface area contributed by atoms with Crippen molar-refractivity contribution in [2.24, 2.45) is 0 Å². The van der Waals surface area contributed by atoms with Crippen LogP contribution in [0.15, 0.2) is 30.5 Å². The Morgan fingerprint density at radius 2 is 2.03 bits per heavy atom. The molecule has 1 spiro atoms. The number of ether oxygens (including phenoxy) is 2. The van der Waals surface area contributed by atoms with Gasteiger partial charge >= 0.3 is 6.36 Å². The summed E-state index contributed by atoms with van der Waals surface area (Å²) in [5, 5.41) is 0. The summed E-state index contributed by atoms with van der Waals surface area (Å²) in [6, 6.07) is 5.09. The molecule has 7 nitrogen and oxygen atoms in total. The Bertz CT molecular complexity index is 927. The van der Waals surface area contributed by atoms with Gasteiger partial charge in [-0.1, -0.05) is 6.07 Å². The zero-order chi connectivity index (χ0) is 20.6. The van der Waals surface area contributed by atoms with Crippen LogP contribution >= 0.6 is 0 Å². The van der Waals surface area contributed by atoms with Crippen LogP contribution in [0.4, 0.5) is 19.1 Å². The van der Waals surface area contributed by atoms with E-state index in [0.717, 1.165) is 23.4 Å². The zero-order valence-corrected chi connectivity index (χ0v) is 15.4. The number of halogens is 3. The van der Waals surface area contributed by atoms with Gasteiger partial charge in [-0.05, 0) is 43.0 Å². The van der Waals surface area contributed by atoms with Crippen LogP contribution in [-0.4, -0.2) is 46.8 Å². The van der Waals surface area contributed by atoms with Crippen LogP contribution in [-0.2, 0) is 16.8 Å². The molecule has 0 atom stereocenters. The molecule has 2 aliphatic heterocycles. The van der Waals surface area contributed by atoms with Crippen LogP contribution in [0.5, 0.6) is 5.75 Å². The Morgan fingerprint density at radius 3 is 2.76 bits per heavy atom. The van der Waals surface area contributed by atoms with Crippen molar-refractivity contribution in [3.8, 4) is 5.75 Å². The summed E-state index contributed by atoms with van der Waals surface area (Å²) in [5.41, 5.74) is 7.02. The Kier molecular flexibility index (Phi) is 4.81. The molecule has 1 aromatic carbocycles. The lowest BCUT2D eigenvalue weighted by Gasteiger charge is -2.44. The van der Waals surface area contributed by atoms with E-state index in [0.29, 0.717) is 39.0 Å². The van der Waals surface area contributed by atoms with E-state index in [9.17, 15) is 18.0 Å². The smallest absolute Gasteiger partial charge is 0.406 e. The third-order valence-corrected chi connectivity index (χ3v) is 5.24. The summed E-state index contributed by atoms with van der Waals surface area (Å²) < 4.78 is 47.3. The monoisotopic (exact) mass is 408 g/mol. The predicted octanol–water partition coefficient (Wildman–Crippen LogP) is 2.66. The molecule has 2 aliphatic rings. The number of benzene rings is 1. The predicted molar refractivity (Wildman–Crippen MR) is 96.0 cm³/mol. The minimum atomic E-state index is -4.81. The van der Waals surface area contributed by atoms with Gasteiger partial charge in [0.15, 0.2) is 0 Å². The van der Waals surface area contributed by atoms with Gasteiger partial charge in [0, 0.05) is 24.8 Å². The Balaban J connectivity index is 1.49. The van der Waals surface area contributed by atoms with E-state index >= 15 is 0 Å². The third kappa shape index (κ3) is 3.98. The van der Waals surface area contributed by atoms with Gasteiger partial charge in [0.05, 0.1) is 12.3 Å². The maximum Gasteiger partial charge on any atom is 0.573 e. The molecular formula is C19H19F3N4O3. The fraction of sp³-hybridized carbons (Fsp3) is 0.421. The zero-order valence-electron chi connectivity index (χ0n) is 15.4. The van der Waals surface area contributed by atoms with Crippen LogP contribution < -0.4 is 10.5 Å². The van der Waals surface area contributed by atoms with Crippen molar-refractivity contribution in [2.75, 3.05) is 25.4 Å². The Morgan fingerprint density at radius 1 is 1.28 bits per heavy atom. The first-order valence-electron chi connectivity index (χ1n) is 9.17. The van der Waals surface area contributed by atoms with Crippen molar-refractivity contribution >= 4 is 11.9 Å². The maximum absolute atomic E-state index is 12.8. The second-order valence-electron chi connectivity index (χ2n) is 7.06. The number of carbonyl (C=O) groups is 1. The fourth-order valence-corrected chi connectivity index (χ4v) is 3.88. The highest BCUT2D eigenvalue weighted by Crippen LogP contribution is 2.40. The molecule has 0 unspecified atom stereocenters. The second kappa shape index (κ2) is 7.18. The normalized spacial score (nSPS) is 18.4. The standard InChI is InChI=1S/C19H19F3N4O3/c20-19(21,22)29-14-3-1-2-12(10-14)16(27)26-7-5-18(6-8-26)15-13(4-9-28-18)11-24-17(23)25-15/h1-3,10-11H,4-9H2,(H2,23,24,25). The summed E-state index contributed by atoms with van der Waals surface area (Å²) in [6.07, 6.45) is -1.37. The molecule has 0 aliphatic carbocycles. The molecule has 2 N–H and O–H groups in total. The lowest BCUT2D eigenvalue weighted by Crippen LogP contribution is -2.49. The van der Waals surface area contributed by atoms with Crippen LogP contribution in [0.1, 0.15) is 34.5 Å². The van der Waals surface area contributed by atoms with Crippen LogP contribution in [0.2, 0.25) is 0 Å². The van der Waals surface area contributed by atoms with Gasteiger partial charge in [0.25, 0.3) is 5.91 Å². The first-order valence-corrected chi connectivity index (χ1v) is 9.17. The summed E-state index contributed by atoms with van der Waals surface area (Å²) in [6.45, 7) is 1.30. The summed E-state index contributed by atoms with van der Waals surface area (Å²) in [7, 11) is 0. The summed E-state index contributed by atoms with van der Waals surface area (Å²) >= 11 is 0. The average Bonchev–Trinajstić information content (AvgIpc) is 2.68. The molecule has 2 aromatic rings. The van der Waals surface area contributed by atoms with Crippen LogP contribution in [0.25, 0.3) is 0 Å². The van der Waals surface area contributed by atoms with Gasteiger partial charge in [-0.2, -0.15) is 0 Å². The second-order valence-corrected chi connectivity index (χ2v) is 7.06. The van der Waals surface area contributed by atoms with Crippen LogP contribution in [0.3, 0.4) is 0 Å². The number of nitrogens with two attached hydrogens (primary N) is 1. The number of nitrogens with zero attached hydrogens (tertiary/aromatic N) is 3. The molecule has 1 fully saturated rings. The summed E-state index contributed by atoms with van der Waals surface area (Å²) in [4.78, 5) is 22.8. The molecular weight excluding hydrogens is 389 g/mol. The van der Waals surface area contributed by atoms with E-state index in [1.165, 1.54) is 12.1 Å². The van der Waals surface area contributed by atoms with E-state index in [2.05, 4.69) is 14.7 Å². The number of fused-ring (bicyclic) bond motifs is 2. The van der Waals surface area contributed by atoms with Crippen molar-refractivity contribution in [2.45, 2.75) is 31.2 Å². The number of carbonyl (C=O) groups excluding carboxylic acids is 1. The van der Waals surface area contributed by atoms with Gasteiger partial charge in [-0.15, -0.1) is 13.2 Å². The number of alkyl halides is 3. The van der Waals surface area contributed by atoms with E-state index < -0.39 is 17.7 Å². The molecule has 10 heteroatoms. The lowest BCUT2D eigenvalue weighted by atomic mass is 9.83. The number of hydrogen-bond donors (Lipinski definition) is 1. The van der Waals surface area contributed by atoms with Gasteiger partial charge < -0.3 is 20.1 Å². The van der Waals surface area contributed by atoms with E-state index in [1.54, 1.807) is 11.1 Å². The maximum atomic E-state index is 12.8. The number of piperidine rings is 1. The number of anilines is 1. The molecule has 0 saturated carbocycles. The fourth-order valence-electron chi connectivity index (χ4n) is 3.88. The highest BCUT2D eigenvalue weighted by atomic mass is 19.4. The number of rotatable bonds is 2. The minimum absolute atomic E-state index is 0.138. The van der Waals surface area contributed by atoms with Crippen molar-refractivity contribution in [1.29, 1.82) is 0 Å². The Labute approximate surface area is 164 Å². The molecule has 1 aromatic heterocycles. The van der Waals surface area contributed by atoms with E-state index in [4.69, 9.17) is 10.5 Å². The van der Waals surface area contributed by atoms with E-state index in [1.807, 2.05) is 0 Å². The summed E-state index contributed by atoms with van der Waals surface area (Å²) in [5.74, 6) is -0.604. The largest absolute Gasteiger partial charge is 0.573 e. The molecule has 4 rings (SSSR count). The highest BCUT2D eigenvalue weighted by molar-refractivity contribution is 5.94. The van der Waals surface area contributed by atoms with Crippen molar-refractivity contribution in [3.05, 3.63) is 47.3 Å². The van der Waals surface area contributed by atoms with E-state index in [-0.39, 0.29) is 17.4 Å². The van der Waals surface area contributed by atoms with Gasteiger partial charge in [0.2, 0.25) is 5.95 Å². The molecule has 3 heterocycles. The molecule has 0 radical (unpaired) electrons. The average molecular weight is 408 g/mol. The number of amides is 1. The van der Waals surface area contributed by atoms with Crippen molar-refractivity contribution in [1.82, 2.24) is 14.9 Å². The molecule has 29 heavy (non-hydrogen) atoms. The molecule has 1 saturated heterocycles. The topological polar surface area (TPSA) is 90.6 Å². The first-order chi connectivity index (χ1) is 13.8. The van der Waals surface area contributed by atoms with Gasteiger partial charge in [-0.25, -0.2) is 9.97 Å². The molecule has 154 valence electrons. The molecule has 1 amide bonds. The number of hydrogen-bond acceptors (Lipinski definition) is 6. The van der Waals surface area contributed by atoms with Gasteiger partial charge in [0.1, 0.15) is 11.4 Å². The first kappa shape index (κ1) is 19.4. The Hall–Kier alpha value is -2.88. The number of aromatic nitrogens is 2. The van der Waals surface area contributed by atoms with Crippen LogP contribution in [0, 0.1) is 0 Å². The van der Waals surface area contributed by atoms with Crippen molar-refractivity contribution in [3.63, 3.8) is 0 Å². The van der Waals surface area contributed by atoms with Gasteiger partial charge in [-0.3, -0.25) is 4.79 Å². The SMILES string of the molecule is Nc1ncc2c(n1)C1(CCN(C(=O)c3cccc(OC(F)(F)F)c3)CC1)OCC2. The lowest BCUT2D eigenvalue weighted by molar-refractivity contribution is -0.274. The quantitative estimate of drug-likeness (QED) is 0.822. The third-order valence-electron chi connectivity index (χ3n) is 5.24. The highest BCUT2D eigenvalue weighted by Gasteiger charge is 2.43. The number of likely N-dealkylation sites (tertiary alicyclic amines) is 1.